The van der Waals surface area contributed by atoms with Crippen LogP contribution in [0.25, 0.3) is 12.2 Å². The van der Waals surface area contributed by atoms with Crippen molar-refractivity contribution in [1.82, 2.24) is 9.80 Å². The number of phenolic OH excluding ortho intramolecular Hbond substituents is 2. The summed E-state index contributed by atoms with van der Waals surface area (Å²) in [5.74, 6) is -0.277. The van der Waals surface area contributed by atoms with Crippen LogP contribution in [0.4, 0.5) is 0 Å². The van der Waals surface area contributed by atoms with Gasteiger partial charge in [0, 0.05) is 49.5 Å². The second-order valence-electron chi connectivity index (χ2n) is 7.41. The number of carbonyl (C=O) groups excluding carboxylic acids is 2. The smallest absolute Gasteiger partial charge is 0.246 e. The Bertz CT molecular complexity index is 707. The third-order valence-corrected chi connectivity index (χ3v) is 5.32. The lowest BCUT2D eigenvalue weighted by Gasteiger charge is -2.25. The monoisotopic (exact) mass is 384 g/mol. The van der Waals surface area contributed by atoms with Crippen LogP contribution < -0.4 is 0 Å². The molecule has 0 saturated carbocycles. The third-order valence-electron chi connectivity index (χ3n) is 5.32. The van der Waals surface area contributed by atoms with Crippen molar-refractivity contribution in [2.75, 3.05) is 26.2 Å². The van der Waals surface area contributed by atoms with Crippen molar-refractivity contribution in [3.63, 3.8) is 0 Å². The highest BCUT2D eigenvalue weighted by Gasteiger charge is 2.15. The Morgan fingerprint density at radius 3 is 1.39 bits per heavy atom. The largest absolute Gasteiger partial charge is 0.507 e. The molecule has 28 heavy (non-hydrogen) atoms. The second kappa shape index (κ2) is 9.44. The Kier molecular flexibility index (Phi) is 6.74. The van der Waals surface area contributed by atoms with E-state index in [1.165, 1.54) is 36.4 Å². The molecule has 2 amide bonds. The topological polar surface area (TPSA) is 81.1 Å². The minimum absolute atomic E-state index is 0.0504. The number of likely N-dealkylation sites (tertiary alicyclic amines) is 2. The molecule has 0 atom stereocenters. The first-order valence-electron chi connectivity index (χ1n) is 10.0. The fourth-order valence-electron chi connectivity index (χ4n) is 3.64. The molecule has 0 unspecified atom stereocenters. The van der Waals surface area contributed by atoms with Gasteiger partial charge in [0.25, 0.3) is 0 Å². The summed E-state index contributed by atoms with van der Waals surface area (Å²) in [4.78, 5) is 28.0. The van der Waals surface area contributed by atoms with Crippen LogP contribution in [0, 0.1) is 0 Å². The van der Waals surface area contributed by atoms with E-state index in [0.717, 1.165) is 64.7 Å². The third kappa shape index (κ3) is 5.15. The van der Waals surface area contributed by atoms with E-state index in [1.54, 1.807) is 9.80 Å². The van der Waals surface area contributed by atoms with Gasteiger partial charge in [-0.15, -0.1) is 0 Å². The molecule has 2 saturated heterocycles. The Hall–Kier alpha value is -2.76. The van der Waals surface area contributed by atoms with E-state index < -0.39 is 0 Å². The first kappa shape index (κ1) is 20.0. The minimum Gasteiger partial charge on any atom is -0.507 e. The van der Waals surface area contributed by atoms with Crippen molar-refractivity contribution in [3.05, 3.63) is 35.4 Å². The average Bonchev–Trinajstić information content (AvgIpc) is 2.73. The van der Waals surface area contributed by atoms with Gasteiger partial charge < -0.3 is 20.0 Å². The van der Waals surface area contributed by atoms with E-state index in [9.17, 15) is 19.8 Å². The number of amides is 2. The Morgan fingerprint density at radius 1 is 0.679 bits per heavy atom. The number of hydrogen-bond acceptors (Lipinski definition) is 4. The maximum Gasteiger partial charge on any atom is 0.246 e. The van der Waals surface area contributed by atoms with Crippen LogP contribution in [0.15, 0.2) is 24.3 Å². The highest BCUT2D eigenvalue weighted by molar-refractivity contribution is 5.93. The summed E-state index contributed by atoms with van der Waals surface area (Å²) >= 11 is 0. The number of nitrogens with zero attached hydrogens (tertiary/aromatic N) is 2. The van der Waals surface area contributed by atoms with Crippen LogP contribution in [0.5, 0.6) is 11.5 Å². The molecule has 2 aliphatic heterocycles. The standard InChI is InChI=1S/C22H28N2O4/c25-19-16-18(8-10-22(28)24-13-5-2-6-14-24)20(26)15-17(19)7-9-21(27)23-11-3-1-4-12-23/h7-10,15-16,25-26H,1-6,11-14H2/b9-7+,10-8+. The molecule has 0 spiro atoms. The minimum atomic E-state index is -0.0882. The second-order valence-corrected chi connectivity index (χ2v) is 7.41. The lowest BCUT2D eigenvalue weighted by Crippen LogP contribution is -2.34. The number of aromatic hydroxyl groups is 2. The van der Waals surface area contributed by atoms with Crippen LogP contribution in [0.2, 0.25) is 0 Å². The molecular formula is C22H28N2O4. The number of carbonyl (C=O) groups is 2. The van der Waals surface area contributed by atoms with Gasteiger partial charge in [-0.2, -0.15) is 0 Å². The Morgan fingerprint density at radius 2 is 1.04 bits per heavy atom. The molecule has 3 rings (SSSR count). The fraction of sp³-hybridized carbons (Fsp3) is 0.455. The van der Waals surface area contributed by atoms with Gasteiger partial charge in [0.2, 0.25) is 11.8 Å². The van der Waals surface area contributed by atoms with Crippen LogP contribution in [0.3, 0.4) is 0 Å². The van der Waals surface area contributed by atoms with Gasteiger partial charge in [-0.1, -0.05) is 0 Å². The number of rotatable bonds is 4. The molecule has 1 aromatic rings. The molecule has 150 valence electrons. The number of hydrogen-bond donors (Lipinski definition) is 2. The van der Waals surface area contributed by atoms with E-state index in [4.69, 9.17) is 0 Å². The molecule has 0 radical (unpaired) electrons. The van der Waals surface area contributed by atoms with Crippen molar-refractivity contribution < 1.29 is 19.8 Å². The number of piperidine rings is 2. The zero-order chi connectivity index (χ0) is 19.9. The summed E-state index contributed by atoms with van der Waals surface area (Å²) in [5, 5.41) is 20.5. The zero-order valence-electron chi connectivity index (χ0n) is 16.1. The van der Waals surface area contributed by atoms with Crippen LogP contribution >= 0.6 is 0 Å². The fourth-order valence-corrected chi connectivity index (χ4v) is 3.64. The summed E-state index contributed by atoms with van der Waals surface area (Å²) < 4.78 is 0. The quantitative estimate of drug-likeness (QED) is 0.617. The molecule has 1 aromatic carbocycles. The van der Waals surface area contributed by atoms with Crippen LogP contribution in [-0.4, -0.2) is 58.0 Å². The van der Waals surface area contributed by atoms with Crippen molar-refractivity contribution in [2.45, 2.75) is 38.5 Å². The molecule has 2 fully saturated rings. The Balaban J connectivity index is 1.66. The first-order valence-corrected chi connectivity index (χ1v) is 10.0. The lowest BCUT2D eigenvalue weighted by molar-refractivity contribution is -0.127. The van der Waals surface area contributed by atoms with Gasteiger partial charge >= 0.3 is 0 Å². The van der Waals surface area contributed by atoms with Gasteiger partial charge in [-0.3, -0.25) is 9.59 Å². The van der Waals surface area contributed by atoms with Gasteiger partial charge in [-0.05, 0) is 62.8 Å². The van der Waals surface area contributed by atoms with E-state index >= 15 is 0 Å². The zero-order valence-corrected chi connectivity index (χ0v) is 16.1. The molecule has 0 aromatic heterocycles. The predicted molar refractivity (Wildman–Crippen MR) is 109 cm³/mol. The van der Waals surface area contributed by atoms with Gasteiger partial charge in [0.05, 0.1) is 0 Å². The number of phenols is 2. The molecule has 0 bridgehead atoms. The van der Waals surface area contributed by atoms with Crippen molar-refractivity contribution in [2.24, 2.45) is 0 Å². The van der Waals surface area contributed by atoms with E-state index in [2.05, 4.69) is 0 Å². The SMILES string of the molecule is O=C(/C=C/c1cc(O)c(/C=C/C(=O)N2CCCCC2)cc1O)N1CCCCC1. The summed E-state index contributed by atoms with van der Waals surface area (Å²) in [7, 11) is 0. The number of benzene rings is 1. The highest BCUT2D eigenvalue weighted by Crippen LogP contribution is 2.29. The van der Waals surface area contributed by atoms with Crippen LogP contribution in [0.1, 0.15) is 49.7 Å². The summed E-state index contributed by atoms with van der Waals surface area (Å²) in [6, 6.07) is 2.81. The van der Waals surface area contributed by atoms with E-state index in [1.807, 2.05) is 0 Å². The molecule has 2 aliphatic rings. The molecule has 0 aliphatic carbocycles. The average molecular weight is 384 g/mol. The van der Waals surface area contributed by atoms with Crippen molar-refractivity contribution in [3.8, 4) is 11.5 Å². The molecule has 2 heterocycles. The van der Waals surface area contributed by atoms with Gasteiger partial charge in [0.15, 0.2) is 0 Å². The molecule has 6 heteroatoms. The maximum absolute atomic E-state index is 12.2. The first-order chi connectivity index (χ1) is 13.5. The highest BCUT2D eigenvalue weighted by atomic mass is 16.3. The summed E-state index contributed by atoms with van der Waals surface area (Å²) in [6.45, 7) is 3.04. The van der Waals surface area contributed by atoms with E-state index in [0.29, 0.717) is 11.1 Å². The summed E-state index contributed by atoms with van der Waals surface area (Å²) in [6.07, 6.45) is 12.2. The molecular weight excluding hydrogens is 356 g/mol. The Labute approximate surface area is 165 Å². The van der Waals surface area contributed by atoms with Gasteiger partial charge in [-0.25, -0.2) is 0 Å². The van der Waals surface area contributed by atoms with E-state index in [-0.39, 0.29) is 23.3 Å². The lowest BCUT2D eigenvalue weighted by atomic mass is 10.1. The van der Waals surface area contributed by atoms with Crippen molar-refractivity contribution in [1.29, 1.82) is 0 Å². The molecule has 2 N–H and O–H groups in total. The van der Waals surface area contributed by atoms with Crippen LogP contribution in [-0.2, 0) is 9.59 Å². The predicted octanol–water partition coefficient (Wildman–Crippen LogP) is 3.15. The molecule has 6 nitrogen and oxygen atoms in total. The summed E-state index contributed by atoms with van der Waals surface area (Å²) in [5.41, 5.74) is 0.727. The maximum atomic E-state index is 12.2. The van der Waals surface area contributed by atoms with Gasteiger partial charge in [0.1, 0.15) is 11.5 Å². The normalized spacial score (nSPS) is 18.1. The van der Waals surface area contributed by atoms with Crippen molar-refractivity contribution >= 4 is 24.0 Å².